The molecule has 92 valence electrons. The topological polar surface area (TPSA) is 71.2 Å². The van der Waals surface area contributed by atoms with Crippen molar-refractivity contribution < 1.29 is 4.79 Å². The highest BCUT2D eigenvalue weighted by Crippen LogP contribution is 2.28. The van der Waals surface area contributed by atoms with Gasteiger partial charge in [0.15, 0.2) is 5.82 Å². The van der Waals surface area contributed by atoms with Gasteiger partial charge in [-0.15, -0.1) is 0 Å². The number of aryl methyl sites for hydroxylation is 1. The Balaban J connectivity index is 2.32. The number of aromatic nitrogens is 1. The Bertz CT molecular complexity index is 433. The largest absolute Gasteiger partial charge is 0.396 e. The standard InChI is InChI=1S/C12H18N4O/c1-8-5-6-9(13)11(15-8)16-7-3-4-10(16)12(17)14-2/h5-6,10H,3-4,7,13H2,1-2H3,(H,14,17). The average molecular weight is 234 g/mol. The van der Waals surface area contributed by atoms with E-state index in [-0.39, 0.29) is 11.9 Å². The Morgan fingerprint density at radius 2 is 2.35 bits per heavy atom. The lowest BCUT2D eigenvalue weighted by Crippen LogP contribution is -2.42. The fourth-order valence-corrected chi connectivity index (χ4v) is 2.24. The van der Waals surface area contributed by atoms with E-state index in [1.54, 1.807) is 7.05 Å². The smallest absolute Gasteiger partial charge is 0.242 e. The van der Waals surface area contributed by atoms with Crippen LogP contribution in [0.3, 0.4) is 0 Å². The number of anilines is 2. The molecule has 1 fully saturated rings. The predicted octanol–water partition coefficient (Wildman–Crippen LogP) is 0.687. The molecule has 5 heteroatoms. The van der Waals surface area contributed by atoms with Crippen molar-refractivity contribution in [3.05, 3.63) is 17.8 Å². The van der Waals surface area contributed by atoms with E-state index in [0.29, 0.717) is 5.69 Å². The van der Waals surface area contributed by atoms with Gasteiger partial charge in [-0.05, 0) is 31.9 Å². The zero-order valence-electron chi connectivity index (χ0n) is 10.2. The minimum atomic E-state index is -0.142. The van der Waals surface area contributed by atoms with Gasteiger partial charge in [-0.1, -0.05) is 0 Å². The molecule has 0 radical (unpaired) electrons. The van der Waals surface area contributed by atoms with Gasteiger partial charge in [0.05, 0.1) is 5.69 Å². The van der Waals surface area contributed by atoms with Gasteiger partial charge in [-0.3, -0.25) is 4.79 Å². The summed E-state index contributed by atoms with van der Waals surface area (Å²) in [7, 11) is 1.66. The fourth-order valence-electron chi connectivity index (χ4n) is 2.24. The summed E-state index contributed by atoms with van der Waals surface area (Å²) in [6, 6.07) is 3.58. The third-order valence-corrected chi connectivity index (χ3v) is 3.12. The average Bonchev–Trinajstić information content (AvgIpc) is 2.80. The molecule has 1 aliphatic rings. The molecular formula is C12H18N4O. The molecule has 2 rings (SSSR count). The molecule has 1 atom stereocenters. The van der Waals surface area contributed by atoms with Crippen molar-refractivity contribution in [3.8, 4) is 0 Å². The maximum atomic E-state index is 11.8. The number of hydrogen-bond acceptors (Lipinski definition) is 4. The number of hydrogen-bond donors (Lipinski definition) is 2. The second-order valence-electron chi connectivity index (χ2n) is 4.33. The molecule has 0 bridgehead atoms. The van der Waals surface area contributed by atoms with Crippen molar-refractivity contribution >= 4 is 17.4 Å². The first-order chi connectivity index (χ1) is 8.13. The summed E-state index contributed by atoms with van der Waals surface area (Å²) < 4.78 is 0. The summed E-state index contributed by atoms with van der Waals surface area (Å²) in [4.78, 5) is 18.2. The fraction of sp³-hybridized carbons (Fsp3) is 0.500. The normalized spacial score (nSPS) is 19.4. The molecule has 0 aromatic carbocycles. The quantitative estimate of drug-likeness (QED) is 0.789. The third-order valence-electron chi connectivity index (χ3n) is 3.12. The van der Waals surface area contributed by atoms with Crippen LogP contribution in [0.15, 0.2) is 12.1 Å². The molecule has 1 saturated heterocycles. The molecule has 2 heterocycles. The van der Waals surface area contributed by atoms with Crippen LogP contribution in [0, 0.1) is 6.92 Å². The highest BCUT2D eigenvalue weighted by atomic mass is 16.2. The highest BCUT2D eigenvalue weighted by molar-refractivity contribution is 5.86. The Morgan fingerprint density at radius 1 is 1.59 bits per heavy atom. The molecule has 1 unspecified atom stereocenters. The lowest BCUT2D eigenvalue weighted by atomic mass is 10.2. The van der Waals surface area contributed by atoms with Gasteiger partial charge in [0.2, 0.25) is 5.91 Å². The van der Waals surface area contributed by atoms with Crippen molar-refractivity contribution in [2.45, 2.75) is 25.8 Å². The zero-order chi connectivity index (χ0) is 12.4. The van der Waals surface area contributed by atoms with E-state index in [4.69, 9.17) is 5.73 Å². The SMILES string of the molecule is CNC(=O)C1CCCN1c1nc(C)ccc1N. The van der Waals surface area contributed by atoms with Crippen LogP contribution < -0.4 is 16.0 Å². The van der Waals surface area contributed by atoms with Gasteiger partial charge in [0.25, 0.3) is 0 Å². The van der Waals surface area contributed by atoms with E-state index in [0.717, 1.165) is 30.9 Å². The minimum Gasteiger partial charge on any atom is -0.396 e. The molecule has 1 aromatic heterocycles. The third kappa shape index (κ3) is 2.18. The van der Waals surface area contributed by atoms with Crippen LogP contribution in [-0.4, -0.2) is 30.5 Å². The van der Waals surface area contributed by atoms with Gasteiger partial charge in [-0.25, -0.2) is 4.98 Å². The van der Waals surface area contributed by atoms with Gasteiger partial charge >= 0.3 is 0 Å². The summed E-state index contributed by atoms with van der Waals surface area (Å²) in [6.07, 6.45) is 1.85. The van der Waals surface area contributed by atoms with E-state index in [1.165, 1.54) is 0 Å². The lowest BCUT2D eigenvalue weighted by Gasteiger charge is -2.25. The van der Waals surface area contributed by atoms with E-state index in [1.807, 2.05) is 24.0 Å². The van der Waals surface area contributed by atoms with Crippen molar-refractivity contribution in [1.82, 2.24) is 10.3 Å². The monoisotopic (exact) mass is 234 g/mol. The van der Waals surface area contributed by atoms with E-state index >= 15 is 0 Å². The van der Waals surface area contributed by atoms with Crippen LogP contribution in [0.4, 0.5) is 11.5 Å². The molecule has 5 nitrogen and oxygen atoms in total. The van der Waals surface area contributed by atoms with Crippen LogP contribution in [0.5, 0.6) is 0 Å². The summed E-state index contributed by atoms with van der Waals surface area (Å²) in [5.74, 6) is 0.765. The van der Waals surface area contributed by atoms with Gasteiger partial charge in [0, 0.05) is 19.3 Å². The van der Waals surface area contributed by atoms with Crippen LogP contribution in [-0.2, 0) is 4.79 Å². The maximum Gasteiger partial charge on any atom is 0.242 e. The van der Waals surface area contributed by atoms with Crippen molar-refractivity contribution in [2.24, 2.45) is 0 Å². The first kappa shape index (κ1) is 11.7. The van der Waals surface area contributed by atoms with Crippen LogP contribution >= 0.6 is 0 Å². The van der Waals surface area contributed by atoms with Crippen molar-refractivity contribution in [3.63, 3.8) is 0 Å². The minimum absolute atomic E-state index is 0.0326. The number of nitrogens with two attached hydrogens (primary N) is 1. The molecule has 1 aromatic rings. The molecule has 0 saturated carbocycles. The number of carbonyl (C=O) groups excluding carboxylic acids is 1. The Hall–Kier alpha value is -1.78. The number of likely N-dealkylation sites (N-methyl/N-ethyl adjacent to an activating group) is 1. The summed E-state index contributed by atoms with van der Waals surface area (Å²) >= 11 is 0. The Labute approximate surface area is 101 Å². The van der Waals surface area contributed by atoms with E-state index in [9.17, 15) is 4.79 Å². The lowest BCUT2D eigenvalue weighted by molar-refractivity contribution is -0.121. The van der Waals surface area contributed by atoms with Crippen molar-refractivity contribution in [1.29, 1.82) is 0 Å². The van der Waals surface area contributed by atoms with Gasteiger partial charge < -0.3 is 16.0 Å². The number of pyridine rings is 1. The first-order valence-corrected chi connectivity index (χ1v) is 5.85. The number of nitrogen functional groups attached to an aromatic ring is 1. The van der Waals surface area contributed by atoms with Gasteiger partial charge in [-0.2, -0.15) is 0 Å². The van der Waals surface area contributed by atoms with Gasteiger partial charge in [0.1, 0.15) is 6.04 Å². The molecule has 1 aliphatic heterocycles. The maximum absolute atomic E-state index is 11.8. The molecule has 1 amide bonds. The molecule has 17 heavy (non-hydrogen) atoms. The van der Waals surface area contributed by atoms with E-state index in [2.05, 4.69) is 10.3 Å². The van der Waals surface area contributed by atoms with E-state index < -0.39 is 0 Å². The summed E-state index contributed by atoms with van der Waals surface area (Å²) in [5, 5.41) is 2.69. The number of nitrogens with one attached hydrogen (secondary N) is 1. The molecule has 0 aliphatic carbocycles. The molecule has 0 spiro atoms. The van der Waals surface area contributed by atoms with Crippen LogP contribution in [0.25, 0.3) is 0 Å². The second kappa shape index (κ2) is 4.61. The van der Waals surface area contributed by atoms with Crippen LogP contribution in [0.2, 0.25) is 0 Å². The predicted molar refractivity (Wildman–Crippen MR) is 67.8 cm³/mol. The van der Waals surface area contributed by atoms with Crippen LogP contribution in [0.1, 0.15) is 18.5 Å². The Kier molecular flexibility index (Phi) is 3.17. The summed E-state index contributed by atoms with van der Waals surface area (Å²) in [5.41, 5.74) is 7.48. The van der Waals surface area contributed by atoms with Crippen molar-refractivity contribution in [2.75, 3.05) is 24.2 Å². The number of nitrogens with zero attached hydrogens (tertiary/aromatic N) is 2. The number of amides is 1. The summed E-state index contributed by atoms with van der Waals surface area (Å²) in [6.45, 7) is 2.76. The number of rotatable bonds is 2. The Morgan fingerprint density at radius 3 is 3.06 bits per heavy atom. The molecule has 3 N–H and O–H groups in total. The molecular weight excluding hydrogens is 216 g/mol. The first-order valence-electron chi connectivity index (χ1n) is 5.85. The highest BCUT2D eigenvalue weighted by Gasteiger charge is 2.31. The number of carbonyl (C=O) groups is 1. The second-order valence-corrected chi connectivity index (χ2v) is 4.33. The zero-order valence-corrected chi connectivity index (χ0v) is 10.2.